The average Bonchev–Trinajstić information content (AvgIpc) is 3.06. The van der Waals surface area contributed by atoms with E-state index >= 15 is 0 Å². The van der Waals surface area contributed by atoms with Gasteiger partial charge in [0.25, 0.3) is 5.91 Å². The molecule has 1 aliphatic rings. The van der Waals surface area contributed by atoms with Crippen molar-refractivity contribution < 1.29 is 18.0 Å². The van der Waals surface area contributed by atoms with E-state index in [9.17, 15) is 18.0 Å². The first-order valence-electron chi connectivity index (χ1n) is 8.73. The number of rotatable bonds is 3. The molecule has 0 fully saturated rings. The molecule has 8 heteroatoms. The highest BCUT2D eigenvalue weighted by Crippen LogP contribution is 2.32. The minimum absolute atomic E-state index is 0.0256. The number of hydrogen-bond acceptors (Lipinski definition) is 2. The molecule has 0 saturated heterocycles. The number of carbonyl (C=O) groups is 1. The van der Waals surface area contributed by atoms with Crippen LogP contribution in [-0.2, 0) is 6.42 Å². The molecular weight excluding hydrogens is 391 g/mol. The number of halogens is 4. The van der Waals surface area contributed by atoms with Gasteiger partial charge in [0, 0.05) is 17.3 Å². The van der Waals surface area contributed by atoms with Crippen LogP contribution in [-0.4, -0.2) is 15.7 Å². The number of aromatic nitrogens is 2. The van der Waals surface area contributed by atoms with Crippen molar-refractivity contribution in [1.82, 2.24) is 15.1 Å². The number of nitrogens with one attached hydrogen (secondary N) is 1. The van der Waals surface area contributed by atoms with E-state index in [4.69, 9.17) is 11.6 Å². The van der Waals surface area contributed by atoms with Gasteiger partial charge in [-0.2, -0.15) is 5.10 Å². The fourth-order valence-electron chi connectivity index (χ4n) is 3.51. The van der Waals surface area contributed by atoms with Crippen LogP contribution in [0.5, 0.6) is 0 Å². The molecule has 4 nitrogen and oxygen atoms in total. The Morgan fingerprint density at radius 2 is 2.00 bits per heavy atom. The van der Waals surface area contributed by atoms with Gasteiger partial charge in [-0.3, -0.25) is 4.79 Å². The van der Waals surface area contributed by atoms with Gasteiger partial charge >= 0.3 is 0 Å². The Morgan fingerprint density at radius 1 is 1.18 bits per heavy atom. The van der Waals surface area contributed by atoms with E-state index in [-0.39, 0.29) is 16.3 Å². The summed E-state index contributed by atoms with van der Waals surface area (Å²) >= 11 is 5.97. The molecule has 2 aromatic carbocycles. The SMILES string of the molecule is O=C(N[C@H]1CCCc2c1cnn2-c1ccc(F)cc1F)c1c(F)cccc1Cl. The van der Waals surface area contributed by atoms with Crippen LogP contribution in [0.15, 0.2) is 42.6 Å². The van der Waals surface area contributed by atoms with Gasteiger partial charge in [-0.15, -0.1) is 0 Å². The van der Waals surface area contributed by atoms with E-state index in [2.05, 4.69) is 10.4 Å². The number of hydrogen-bond donors (Lipinski definition) is 1. The smallest absolute Gasteiger partial charge is 0.256 e. The van der Waals surface area contributed by atoms with Gasteiger partial charge in [-0.25, -0.2) is 17.9 Å². The molecule has 1 N–H and O–H groups in total. The zero-order chi connectivity index (χ0) is 19.8. The minimum atomic E-state index is -0.727. The van der Waals surface area contributed by atoms with E-state index in [1.165, 1.54) is 28.9 Å². The summed E-state index contributed by atoms with van der Waals surface area (Å²) in [5.74, 6) is -2.73. The van der Waals surface area contributed by atoms with Gasteiger partial charge in [0.2, 0.25) is 0 Å². The first-order valence-corrected chi connectivity index (χ1v) is 9.10. The predicted molar refractivity (Wildman–Crippen MR) is 98.0 cm³/mol. The molecule has 0 radical (unpaired) electrons. The summed E-state index contributed by atoms with van der Waals surface area (Å²) in [5, 5.41) is 7.04. The number of fused-ring (bicyclic) bond motifs is 1. The van der Waals surface area contributed by atoms with Crippen molar-refractivity contribution in [2.24, 2.45) is 0 Å². The number of carbonyl (C=O) groups excluding carboxylic acids is 1. The van der Waals surface area contributed by atoms with Crippen molar-refractivity contribution in [3.63, 3.8) is 0 Å². The summed E-state index contributed by atoms with van der Waals surface area (Å²) in [7, 11) is 0. The quantitative estimate of drug-likeness (QED) is 0.683. The molecule has 3 aromatic rings. The van der Waals surface area contributed by atoms with Crippen LogP contribution in [0.1, 0.15) is 40.5 Å². The fourth-order valence-corrected chi connectivity index (χ4v) is 3.76. The predicted octanol–water partition coefficient (Wildman–Crippen LogP) is 4.75. The van der Waals surface area contributed by atoms with Gasteiger partial charge < -0.3 is 5.32 Å². The fraction of sp³-hybridized carbons (Fsp3) is 0.200. The van der Waals surface area contributed by atoms with Crippen molar-refractivity contribution >= 4 is 17.5 Å². The second kappa shape index (κ2) is 7.31. The zero-order valence-electron chi connectivity index (χ0n) is 14.6. The highest BCUT2D eigenvalue weighted by Gasteiger charge is 2.28. The molecule has 0 unspecified atom stereocenters. The lowest BCUT2D eigenvalue weighted by Crippen LogP contribution is -2.31. The van der Waals surface area contributed by atoms with Crippen LogP contribution >= 0.6 is 11.6 Å². The largest absolute Gasteiger partial charge is 0.345 e. The maximum atomic E-state index is 14.2. The molecular formula is C20H15ClF3N3O. The van der Waals surface area contributed by atoms with Crippen LogP contribution in [0.2, 0.25) is 5.02 Å². The van der Waals surface area contributed by atoms with Gasteiger partial charge in [-0.05, 0) is 43.5 Å². The first kappa shape index (κ1) is 18.6. The molecule has 1 atom stereocenters. The number of benzene rings is 2. The van der Waals surface area contributed by atoms with Crippen molar-refractivity contribution in [2.45, 2.75) is 25.3 Å². The Kier molecular flexibility index (Phi) is 4.85. The Morgan fingerprint density at radius 3 is 2.75 bits per heavy atom. The Hall–Kier alpha value is -2.80. The molecule has 1 aromatic heterocycles. The third-order valence-electron chi connectivity index (χ3n) is 4.82. The molecule has 144 valence electrons. The molecule has 28 heavy (non-hydrogen) atoms. The van der Waals surface area contributed by atoms with Gasteiger partial charge in [0.15, 0.2) is 5.82 Å². The summed E-state index contributed by atoms with van der Waals surface area (Å²) in [6.45, 7) is 0. The van der Waals surface area contributed by atoms with Crippen molar-refractivity contribution in [3.05, 3.63) is 81.9 Å². The van der Waals surface area contributed by atoms with E-state index in [1.807, 2.05) is 0 Å². The van der Waals surface area contributed by atoms with E-state index in [0.717, 1.165) is 29.8 Å². The third-order valence-corrected chi connectivity index (χ3v) is 5.13. The maximum absolute atomic E-state index is 14.2. The van der Waals surface area contributed by atoms with Crippen LogP contribution in [0.3, 0.4) is 0 Å². The summed E-state index contributed by atoms with van der Waals surface area (Å²) in [4.78, 5) is 12.6. The van der Waals surface area contributed by atoms with Gasteiger partial charge in [0.05, 0.1) is 22.8 Å². The Labute approximate surface area is 163 Å². The van der Waals surface area contributed by atoms with Gasteiger partial charge in [-0.1, -0.05) is 17.7 Å². The third kappa shape index (κ3) is 3.26. The lowest BCUT2D eigenvalue weighted by molar-refractivity contribution is 0.0928. The lowest BCUT2D eigenvalue weighted by atomic mass is 9.92. The molecule has 0 spiro atoms. The topological polar surface area (TPSA) is 46.9 Å². The van der Waals surface area contributed by atoms with Crippen LogP contribution in [0.4, 0.5) is 13.2 Å². The highest BCUT2D eigenvalue weighted by molar-refractivity contribution is 6.33. The zero-order valence-corrected chi connectivity index (χ0v) is 15.3. The molecule has 1 amide bonds. The van der Waals surface area contributed by atoms with Crippen molar-refractivity contribution in [2.75, 3.05) is 0 Å². The summed E-state index contributed by atoms with van der Waals surface area (Å²) in [6, 6.07) is 6.90. The first-order chi connectivity index (χ1) is 13.5. The second-order valence-electron chi connectivity index (χ2n) is 6.57. The highest BCUT2D eigenvalue weighted by atomic mass is 35.5. The summed E-state index contributed by atoms with van der Waals surface area (Å²) in [6.07, 6.45) is 3.52. The number of amides is 1. The van der Waals surface area contributed by atoms with Crippen LogP contribution in [0, 0.1) is 17.5 Å². The molecule has 1 heterocycles. The maximum Gasteiger partial charge on any atom is 0.256 e. The van der Waals surface area contributed by atoms with Crippen molar-refractivity contribution in [3.8, 4) is 5.69 Å². The standard InChI is InChI=1S/C20H15ClF3N3O/c21-13-3-1-4-14(23)19(13)20(28)26-16-5-2-6-17-12(16)10-25-27(17)18-8-7-11(22)9-15(18)24/h1,3-4,7-10,16H,2,5-6H2,(H,26,28)/t16-/m0/s1. The van der Waals surface area contributed by atoms with Crippen LogP contribution in [0.25, 0.3) is 5.69 Å². The van der Waals surface area contributed by atoms with Gasteiger partial charge in [0.1, 0.15) is 17.3 Å². The monoisotopic (exact) mass is 405 g/mol. The van der Waals surface area contributed by atoms with Crippen LogP contribution < -0.4 is 5.32 Å². The van der Waals surface area contributed by atoms with E-state index < -0.39 is 29.4 Å². The molecule has 0 saturated carbocycles. The minimum Gasteiger partial charge on any atom is -0.345 e. The summed E-state index contributed by atoms with van der Waals surface area (Å²) < 4.78 is 42.8. The normalized spacial score (nSPS) is 15.9. The molecule has 4 rings (SSSR count). The molecule has 0 aliphatic heterocycles. The Bertz CT molecular complexity index is 1050. The lowest BCUT2D eigenvalue weighted by Gasteiger charge is -2.24. The van der Waals surface area contributed by atoms with E-state index in [0.29, 0.717) is 12.8 Å². The number of nitrogens with zero attached hydrogens (tertiary/aromatic N) is 2. The summed E-state index contributed by atoms with van der Waals surface area (Å²) in [5.41, 5.74) is 1.36. The Balaban J connectivity index is 1.65. The van der Waals surface area contributed by atoms with Crippen molar-refractivity contribution in [1.29, 1.82) is 0 Å². The average molecular weight is 406 g/mol. The second-order valence-corrected chi connectivity index (χ2v) is 6.98. The van der Waals surface area contributed by atoms with E-state index in [1.54, 1.807) is 6.20 Å². The molecule has 1 aliphatic carbocycles. The molecule has 0 bridgehead atoms.